The highest BCUT2D eigenvalue weighted by Gasteiger charge is 2.56. The molecule has 2 N–H and O–H groups in total. The van der Waals surface area contributed by atoms with Crippen molar-refractivity contribution >= 4 is 22.7 Å². The smallest absolute Gasteiger partial charge is 0.255 e. The summed E-state index contributed by atoms with van der Waals surface area (Å²) in [5.74, 6) is 0.797. The minimum Gasteiger partial charge on any atom is -0.493 e. The normalized spacial score (nSPS) is 21.9. The average Bonchev–Trinajstić information content (AvgIpc) is 3.23. The molecule has 1 unspecified atom stereocenters. The highest BCUT2D eigenvalue weighted by molar-refractivity contribution is 6.01. The Bertz CT molecular complexity index is 1300. The molecule has 8 nitrogen and oxygen atoms in total. The minimum atomic E-state index is -1.18. The molecule has 2 aromatic carbocycles. The van der Waals surface area contributed by atoms with Crippen molar-refractivity contribution in [2.45, 2.75) is 38.3 Å². The molecule has 5 rings (SSSR count). The van der Waals surface area contributed by atoms with Crippen LogP contribution in [0.3, 0.4) is 0 Å². The highest BCUT2D eigenvalue weighted by Crippen LogP contribution is 2.48. The molecule has 0 spiro atoms. The number of nitrogens with one attached hydrogen (secondary N) is 1. The second-order valence-corrected chi connectivity index (χ2v) is 9.62. The van der Waals surface area contributed by atoms with Crippen LogP contribution in [0.5, 0.6) is 11.5 Å². The van der Waals surface area contributed by atoms with Gasteiger partial charge in [0.05, 0.1) is 32.1 Å². The molecule has 0 saturated carbocycles. The molecule has 3 heterocycles. The number of methoxy groups -OCH3 is 1. The summed E-state index contributed by atoms with van der Waals surface area (Å²) in [5.41, 5.74) is 2.43. The zero-order valence-electron chi connectivity index (χ0n) is 20.5. The van der Waals surface area contributed by atoms with E-state index >= 15 is 0 Å². The summed E-state index contributed by atoms with van der Waals surface area (Å²) < 4.78 is 11.5. The first kappa shape index (κ1) is 23.2. The maximum Gasteiger partial charge on any atom is 0.255 e. The predicted octanol–water partition coefficient (Wildman–Crippen LogP) is 2.99. The molecule has 3 aromatic rings. The second kappa shape index (κ2) is 8.61. The number of para-hydroxylation sites is 1. The minimum absolute atomic E-state index is 0.00390. The fourth-order valence-corrected chi connectivity index (χ4v) is 5.53. The number of aromatic nitrogens is 1. The van der Waals surface area contributed by atoms with Crippen molar-refractivity contribution < 1.29 is 24.2 Å². The number of aliphatic hydroxyl groups excluding tert-OH is 1. The van der Waals surface area contributed by atoms with Gasteiger partial charge in [-0.05, 0) is 50.1 Å². The van der Waals surface area contributed by atoms with Crippen LogP contribution in [-0.2, 0) is 15.1 Å². The molecule has 2 aliphatic rings. The van der Waals surface area contributed by atoms with E-state index in [1.807, 2.05) is 56.3 Å². The van der Waals surface area contributed by atoms with Crippen LogP contribution in [0.25, 0.3) is 10.9 Å². The van der Waals surface area contributed by atoms with Crippen LogP contribution < -0.4 is 9.47 Å². The van der Waals surface area contributed by atoms with Crippen LogP contribution in [0, 0.1) is 0 Å². The maximum absolute atomic E-state index is 13.7. The van der Waals surface area contributed by atoms with Crippen LogP contribution >= 0.6 is 0 Å². The van der Waals surface area contributed by atoms with Gasteiger partial charge in [0.15, 0.2) is 17.0 Å². The molecule has 35 heavy (non-hydrogen) atoms. The fraction of sp³-hybridized carbons (Fsp3) is 0.407. The number of hydrogen-bond donors (Lipinski definition) is 2. The van der Waals surface area contributed by atoms with Gasteiger partial charge in [-0.3, -0.25) is 9.59 Å². The van der Waals surface area contributed by atoms with Gasteiger partial charge in [-0.25, -0.2) is 0 Å². The molecule has 184 valence electrons. The number of aliphatic hydroxyl groups is 1. The number of ether oxygens (including phenoxy) is 2. The summed E-state index contributed by atoms with van der Waals surface area (Å²) in [4.78, 5) is 33.7. The van der Waals surface area contributed by atoms with Gasteiger partial charge in [-0.15, -0.1) is 0 Å². The zero-order chi connectivity index (χ0) is 24.9. The van der Waals surface area contributed by atoms with Gasteiger partial charge in [0.1, 0.15) is 0 Å². The van der Waals surface area contributed by atoms with Crippen molar-refractivity contribution in [3.63, 3.8) is 0 Å². The van der Waals surface area contributed by atoms with E-state index in [0.717, 1.165) is 27.7 Å². The lowest BCUT2D eigenvalue weighted by Crippen LogP contribution is -2.67. The van der Waals surface area contributed by atoms with E-state index in [2.05, 4.69) is 4.98 Å². The van der Waals surface area contributed by atoms with Crippen molar-refractivity contribution in [1.82, 2.24) is 14.8 Å². The van der Waals surface area contributed by atoms with Crippen LogP contribution in [0.15, 0.2) is 42.5 Å². The Kier molecular flexibility index (Phi) is 5.71. The van der Waals surface area contributed by atoms with Gasteiger partial charge in [-0.2, -0.15) is 0 Å². The van der Waals surface area contributed by atoms with E-state index in [4.69, 9.17) is 9.47 Å². The molecule has 0 bridgehead atoms. The summed E-state index contributed by atoms with van der Waals surface area (Å²) in [6.45, 7) is 5.99. The number of amides is 2. The van der Waals surface area contributed by atoms with Crippen molar-refractivity contribution in [3.05, 3.63) is 59.3 Å². The SMILES string of the molecule is COc1cc(C2CN3C(=O)CN(CCO)C(=O)[C@]3(C)c3[nH]c4ccccc4c32)ccc1OC(C)C. The Balaban J connectivity index is 1.70. The number of aromatic amines is 1. The quantitative estimate of drug-likeness (QED) is 0.569. The first-order valence-corrected chi connectivity index (χ1v) is 12.0. The van der Waals surface area contributed by atoms with E-state index < -0.39 is 5.54 Å². The number of hydrogen-bond acceptors (Lipinski definition) is 5. The van der Waals surface area contributed by atoms with Gasteiger partial charge in [-0.1, -0.05) is 24.3 Å². The number of piperazine rings is 1. The van der Waals surface area contributed by atoms with Crippen LogP contribution in [0.2, 0.25) is 0 Å². The molecule has 0 radical (unpaired) electrons. The molecule has 0 aliphatic carbocycles. The third-order valence-corrected chi connectivity index (χ3v) is 7.14. The number of benzene rings is 2. The van der Waals surface area contributed by atoms with Crippen LogP contribution in [0.1, 0.15) is 43.5 Å². The van der Waals surface area contributed by atoms with Crippen LogP contribution in [-0.4, -0.2) is 71.2 Å². The summed E-state index contributed by atoms with van der Waals surface area (Å²) in [7, 11) is 1.62. The first-order valence-electron chi connectivity index (χ1n) is 12.0. The molecule has 8 heteroatoms. The molecule has 2 amide bonds. The molecular formula is C27H31N3O5. The number of nitrogens with zero attached hydrogens (tertiary/aromatic N) is 2. The fourth-order valence-electron chi connectivity index (χ4n) is 5.53. The van der Waals surface area contributed by atoms with E-state index in [1.165, 1.54) is 4.90 Å². The van der Waals surface area contributed by atoms with Gasteiger partial charge in [0.2, 0.25) is 5.91 Å². The standard InChI is InChI=1S/C27H31N3O5/c1-16(2)35-21-10-9-17(13-22(21)34-4)19-14-30-23(32)15-29(11-12-31)26(33)27(30,3)25-24(19)18-7-5-6-8-20(18)28-25/h5-10,13,16,19,28,31H,11-12,14-15H2,1-4H3/t19?,27-/m0/s1. The van der Waals surface area contributed by atoms with Gasteiger partial charge < -0.3 is 29.4 Å². The van der Waals surface area contributed by atoms with Gasteiger partial charge in [0.25, 0.3) is 5.91 Å². The van der Waals surface area contributed by atoms with Crippen molar-refractivity contribution in [3.8, 4) is 11.5 Å². The largest absolute Gasteiger partial charge is 0.493 e. The summed E-state index contributed by atoms with van der Waals surface area (Å²) >= 11 is 0. The number of H-pyrrole nitrogens is 1. The Morgan fingerprint density at radius 1 is 1.17 bits per heavy atom. The Labute approximate surface area is 204 Å². The molecule has 1 aromatic heterocycles. The van der Waals surface area contributed by atoms with Crippen molar-refractivity contribution in [2.75, 3.05) is 33.4 Å². The van der Waals surface area contributed by atoms with Crippen LogP contribution in [0.4, 0.5) is 0 Å². The number of rotatable bonds is 6. The maximum atomic E-state index is 13.7. The molecule has 1 saturated heterocycles. The lowest BCUT2D eigenvalue weighted by molar-refractivity contribution is -0.166. The summed E-state index contributed by atoms with van der Waals surface area (Å²) in [5, 5.41) is 10.5. The summed E-state index contributed by atoms with van der Waals surface area (Å²) in [6, 6.07) is 13.8. The monoisotopic (exact) mass is 477 g/mol. The lowest BCUT2D eigenvalue weighted by Gasteiger charge is -2.51. The van der Waals surface area contributed by atoms with E-state index in [9.17, 15) is 14.7 Å². The van der Waals surface area contributed by atoms with Gasteiger partial charge in [0, 0.05) is 29.9 Å². The lowest BCUT2D eigenvalue weighted by atomic mass is 9.76. The first-order chi connectivity index (χ1) is 16.8. The number of β-amino-alcohol motifs (C(OH)–C–C–N with tert-alkyl or cyclic N) is 1. The number of fused-ring (bicyclic) bond motifs is 5. The highest BCUT2D eigenvalue weighted by atomic mass is 16.5. The Morgan fingerprint density at radius 3 is 2.66 bits per heavy atom. The third kappa shape index (κ3) is 3.55. The predicted molar refractivity (Wildman–Crippen MR) is 132 cm³/mol. The van der Waals surface area contributed by atoms with E-state index in [-0.39, 0.29) is 43.5 Å². The molecule has 1 fully saturated rings. The molecule has 2 atom stereocenters. The topological polar surface area (TPSA) is 95.1 Å². The van der Waals surface area contributed by atoms with Crippen molar-refractivity contribution in [1.29, 1.82) is 0 Å². The second-order valence-electron chi connectivity index (χ2n) is 9.62. The van der Waals surface area contributed by atoms with E-state index in [0.29, 0.717) is 18.0 Å². The van der Waals surface area contributed by atoms with E-state index in [1.54, 1.807) is 18.9 Å². The Hall–Kier alpha value is -3.52. The number of carbonyl (C=O) groups is 2. The average molecular weight is 478 g/mol. The number of carbonyl (C=O) groups excluding carboxylic acids is 2. The zero-order valence-corrected chi connectivity index (χ0v) is 20.5. The molecule has 2 aliphatic heterocycles. The van der Waals surface area contributed by atoms with Gasteiger partial charge >= 0.3 is 0 Å². The molecular weight excluding hydrogens is 446 g/mol. The summed E-state index contributed by atoms with van der Waals surface area (Å²) in [6.07, 6.45) is 0.00390. The third-order valence-electron chi connectivity index (χ3n) is 7.14. The van der Waals surface area contributed by atoms with Crippen molar-refractivity contribution in [2.24, 2.45) is 0 Å². The Morgan fingerprint density at radius 2 is 1.94 bits per heavy atom.